The number of aliphatic imine (C=N–C) groups is 1. The molecule has 27 heavy (non-hydrogen) atoms. The van der Waals surface area contributed by atoms with Crippen LogP contribution in [0.1, 0.15) is 38.7 Å². The van der Waals surface area contributed by atoms with E-state index < -0.39 is 6.10 Å². The zero-order valence-electron chi connectivity index (χ0n) is 16.9. The van der Waals surface area contributed by atoms with Gasteiger partial charge in [-0.15, -0.1) is 24.0 Å². The first-order valence-corrected chi connectivity index (χ1v) is 10.1. The van der Waals surface area contributed by atoms with E-state index in [1.807, 2.05) is 30.3 Å². The lowest BCUT2D eigenvalue weighted by atomic mass is 9.99. The second kappa shape index (κ2) is 14.2. The predicted octanol–water partition coefficient (Wildman–Crippen LogP) is 2.89. The van der Waals surface area contributed by atoms with Gasteiger partial charge >= 0.3 is 0 Å². The molecule has 0 bridgehead atoms. The maximum Gasteiger partial charge on any atom is 0.191 e. The molecule has 3 N–H and O–H groups in total. The molecule has 0 aromatic heterocycles. The van der Waals surface area contributed by atoms with Crippen molar-refractivity contribution in [3.8, 4) is 0 Å². The highest BCUT2D eigenvalue weighted by Gasteiger charge is 2.14. The van der Waals surface area contributed by atoms with Gasteiger partial charge < -0.3 is 20.6 Å². The lowest BCUT2D eigenvalue weighted by molar-refractivity contribution is 0.183. The molecule has 1 heterocycles. The second-order valence-electron chi connectivity index (χ2n) is 7.37. The minimum Gasteiger partial charge on any atom is -0.391 e. The fourth-order valence-electron chi connectivity index (χ4n) is 3.28. The van der Waals surface area contributed by atoms with E-state index in [-0.39, 0.29) is 24.0 Å². The van der Waals surface area contributed by atoms with E-state index in [4.69, 9.17) is 0 Å². The van der Waals surface area contributed by atoms with Crippen molar-refractivity contribution < 1.29 is 5.11 Å². The van der Waals surface area contributed by atoms with Gasteiger partial charge in [-0.25, -0.2) is 0 Å². The number of guanidine groups is 1. The Labute approximate surface area is 182 Å². The molecule has 5 nitrogen and oxygen atoms in total. The molecule has 1 aliphatic heterocycles. The molecule has 1 fully saturated rings. The van der Waals surface area contributed by atoms with Crippen molar-refractivity contribution in [3.05, 3.63) is 35.9 Å². The normalized spacial score (nSPS) is 17.2. The average Bonchev–Trinajstić information content (AvgIpc) is 2.65. The molecule has 0 amide bonds. The molecular formula is C21H37IN4O. The number of aliphatic hydroxyl groups excluding tert-OH is 1. The molecule has 0 aliphatic carbocycles. The first-order valence-electron chi connectivity index (χ1n) is 10.1. The van der Waals surface area contributed by atoms with Crippen LogP contribution in [0.4, 0.5) is 0 Å². The van der Waals surface area contributed by atoms with Gasteiger partial charge in [0, 0.05) is 19.5 Å². The summed E-state index contributed by atoms with van der Waals surface area (Å²) >= 11 is 0. The number of nitrogens with zero attached hydrogens (tertiary/aromatic N) is 2. The Hall–Kier alpha value is -0.860. The zero-order valence-corrected chi connectivity index (χ0v) is 19.2. The van der Waals surface area contributed by atoms with Gasteiger partial charge in [-0.1, -0.05) is 37.3 Å². The van der Waals surface area contributed by atoms with Gasteiger partial charge in [-0.05, 0) is 57.3 Å². The van der Waals surface area contributed by atoms with E-state index in [0.717, 1.165) is 43.5 Å². The van der Waals surface area contributed by atoms with Gasteiger partial charge in [0.1, 0.15) is 0 Å². The lowest BCUT2D eigenvalue weighted by Gasteiger charge is -2.30. The smallest absolute Gasteiger partial charge is 0.191 e. The Balaban J connectivity index is 0.00000364. The molecule has 0 spiro atoms. The van der Waals surface area contributed by atoms with Crippen LogP contribution in [-0.4, -0.2) is 61.3 Å². The van der Waals surface area contributed by atoms with Crippen molar-refractivity contribution in [2.75, 3.05) is 39.3 Å². The van der Waals surface area contributed by atoms with Gasteiger partial charge in [-0.2, -0.15) is 0 Å². The molecule has 1 aliphatic rings. The standard InChI is InChI=1S/C21H36N4O.HI/c1-3-22-21(23-12-7-13-25-14-10-18(2)11-15-25)24-17-20(26)16-19-8-5-4-6-9-19;/h4-6,8-9,18,20,26H,3,7,10-17H2,1-2H3,(H2,22,23,24);1H. The van der Waals surface area contributed by atoms with Crippen molar-refractivity contribution in [1.29, 1.82) is 0 Å². The largest absolute Gasteiger partial charge is 0.391 e. The Morgan fingerprint density at radius 3 is 2.59 bits per heavy atom. The minimum atomic E-state index is -0.455. The van der Waals surface area contributed by atoms with Crippen molar-refractivity contribution in [1.82, 2.24) is 15.5 Å². The number of piperidine rings is 1. The van der Waals surface area contributed by atoms with Crippen molar-refractivity contribution in [3.63, 3.8) is 0 Å². The van der Waals surface area contributed by atoms with E-state index in [1.165, 1.54) is 25.9 Å². The molecule has 2 rings (SSSR count). The quantitative estimate of drug-likeness (QED) is 0.217. The third-order valence-corrected chi connectivity index (χ3v) is 4.94. The number of benzene rings is 1. The summed E-state index contributed by atoms with van der Waals surface area (Å²) in [7, 11) is 0. The van der Waals surface area contributed by atoms with Gasteiger partial charge in [0.25, 0.3) is 0 Å². The fourth-order valence-corrected chi connectivity index (χ4v) is 3.28. The summed E-state index contributed by atoms with van der Waals surface area (Å²) in [5.41, 5.74) is 1.14. The molecule has 0 saturated carbocycles. The Bertz CT molecular complexity index is 518. The maximum atomic E-state index is 10.2. The molecule has 1 aromatic rings. The highest BCUT2D eigenvalue weighted by molar-refractivity contribution is 14.0. The van der Waals surface area contributed by atoms with E-state index in [9.17, 15) is 5.11 Å². The Kier molecular flexibility index (Phi) is 12.7. The van der Waals surface area contributed by atoms with Gasteiger partial charge in [0.15, 0.2) is 5.96 Å². The summed E-state index contributed by atoms with van der Waals surface area (Å²) in [5.74, 6) is 1.69. The number of halogens is 1. The maximum absolute atomic E-state index is 10.2. The van der Waals surface area contributed by atoms with Crippen LogP contribution in [-0.2, 0) is 6.42 Å². The van der Waals surface area contributed by atoms with E-state index in [1.54, 1.807) is 0 Å². The van der Waals surface area contributed by atoms with Crippen LogP contribution in [0.15, 0.2) is 35.3 Å². The average molecular weight is 488 g/mol. The van der Waals surface area contributed by atoms with Crippen LogP contribution in [0, 0.1) is 5.92 Å². The minimum absolute atomic E-state index is 0. The molecule has 1 saturated heterocycles. The number of hydrogen-bond acceptors (Lipinski definition) is 3. The van der Waals surface area contributed by atoms with Gasteiger partial charge in [0.2, 0.25) is 0 Å². The number of hydrogen-bond donors (Lipinski definition) is 3. The van der Waals surface area contributed by atoms with Crippen LogP contribution in [0.25, 0.3) is 0 Å². The molecular weight excluding hydrogens is 451 g/mol. The third-order valence-electron chi connectivity index (χ3n) is 4.94. The van der Waals surface area contributed by atoms with Gasteiger partial charge in [0.05, 0.1) is 12.6 Å². The predicted molar refractivity (Wildman–Crippen MR) is 125 cm³/mol. The first kappa shape index (κ1) is 24.2. The SMILES string of the molecule is CCNC(=NCC(O)Cc1ccccc1)NCCCN1CCC(C)CC1.I. The summed E-state index contributed by atoms with van der Waals surface area (Å²) in [6, 6.07) is 10.1. The van der Waals surface area contributed by atoms with E-state index in [0.29, 0.717) is 13.0 Å². The van der Waals surface area contributed by atoms with E-state index >= 15 is 0 Å². The number of aliphatic hydroxyl groups is 1. The molecule has 6 heteroatoms. The monoisotopic (exact) mass is 488 g/mol. The van der Waals surface area contributed by atoms with Crippen LogP contribution >= 0.6 is 24.0 Å². The third kappa shape index (κ3) is 10.3. The van der Waals surface area contributed by atoms with Crippen LogP contribution in [0.5, 0.6) is 0 Å². The van der Waals surface area contributed by atoms with Crippen LogP contribution < -0.4 is 10.6 Å². The summed E-state index contributed by atoms with van der Waals surface area (Å²) in [4.78, 5) is 7.10. The first-order chi connectivity index (χ1) is 12.7. The van der Waals surface area contributed by atoms with Crippen LogP contribution in [0.3, 0.4) is 0 Å². The van der Waals surface area contributed by atoms with Crippen LogP contribution in [0.2, 0.25) is 0 Å². The Morgan fingerprint density at radius 2 is 1.93 bits per heavy atom. The highest BCUT2D eigenvalue weighted by Crippen LogP contribution is 2.15. The summed E-state index contributed by atoms with van der Waals surface area (Å²) < 4.78 is 0. The van der Waals surface area contributed by atoms with Crippen molar-refractivity contribution in [2.45, 2.75) is 45.6 Å². The van der Waals surface area contributed by atoms with Crippen molar-refractivity contribution >= 4 is 29.9 Å². The van der Waals surface area contributed by atoms with Gasteiger partial charge in [-0.3, -0.25) is 4.99 Å². The molecule has 1 unspecified atom stereocenters. The lowest BCUT2D eigenvalue weighted by Crippen LogP contribution is -2.40. The Morgan fingerprint density at radius 1 is 1.22 bits per heavy atom. The number of rotatable bonds is 9. The number of likely N-dealkylation sites (tertiary alicyclic amines) is 1. The summed E-state index contributed by atoms with van der Waals surface area (Å²) in [6.45, 7) is 10.2. The molecule has 154 valence electrons. The second-order valence-corrected chi connectivity index (χ2v) is 7.37. The molecule has 1 atom stereocenters. The van der Waals surface area contributed by atoms with E-state index in [2.05, 4.69) is 34.4 Å². The summed E-state index contributed by atoms with van der Waals surface area (Å²) in [6.07, 6.45) is 3.96. The topological polar surface area (TPSA) is 59.9 Å². The zero-order chi connectivity index (χ0) is 18.6. The fraction of sp³-hybridized carbons (Fsp3) is 0.667. The summed E-state index contributed by atoms with van der Waals surface area (Å²) in [5, 5.41) is 16.9. The molecule has 1 aromatic carbocycles. The van der Waals surface area contributed by atoms with Crippen molar-refractivity contribution in [2.24, 2.45) is 10.9 Å². The number of nitrogens with one attached hydrogen (secondary N) is 2. The molecule has 0 radical (unpaired) electrons. The highest BCUT2D eigenvalue weighted by atomic mass is 127.